The van der Waals surface area contributed by atoms with E-state index in [9.17, 15) is 4.79 Å². The maximum atomic E-state index is 11.9. The zero-order valence-electron chi connectivity index (χ0n) is 11.7. The molecule has 0 spiro atoms. The first-order valence-electron chi connectivity index (χ1n) is 6.26. The summed E-state index contributed by atoms with van der Waals surface area (Å²) in [5, 5.41) is 11.3. The molecule has 1 N–H and O–H groups in total. The highest BCUT2D eigenvalue weighted by Crippen LogP contribution is 2.25. The van der Waals surface area contributed by atoms with Crippen molar-refractivity contribution in [1.82, 2.24) is 0 Å². The van der Waals surface area contributed by atoms with Crippen LogP contribution in [0.4, 0.5) is 10.5 Å². The molecule has 0 aliphatic rings. The topological polar surface area (TPSA) is 71.3 Å². The third-order valence-corrected chi connectivity index (χ3v) is 2.79. The first-order chi connectivity index (χ1) is 10.1. The van der Waals surface area contributed by atoms with Gasteiger partial charge in [0.2, 0.25) is 0 Å². The van der Waals surface area contributed by atoms with Gasteiger partial charge in [-0.1, -0.05) is 6.07 Å². The number of methoxy groups -OCH3 is 1. The fourth-order valence-electron chi connectivity index (χ4n) is 1.76. The smallest absolute Gasteiger partial charge is 0.417 e. The molecular formula is C16H14N2O3. The second-order valence-corrected chi connectivity index (χ2v) is 4.35. The van der Waals surface area contributed by atoms with Crippen LogP contribution >= 0.6 is 0 Å². The van der Waals surface area contributed by atoms with Crippen molar-refractivity contribution in [3.05, 3.63) is 53.6 Å². The Balaban J connectivity index is 2.07. The van der Waals surface area contributed by atoms with Crippen molar-refractivity contribution in [3.8, 4) is 17.6 Å². The fourth-order valence-corrected chi connectivity index (χ4v) is 1.76. The Labute approximate surface area is 122 Å². The monoisotopic (exact) mass is 282 g/mol. The van der Waals surface area contributed by atoms with E-state index >= 15 is 0 Å². The molecule has 0 aliphatic carbocycles. The molecule has 2 aromatic carbocycles. The van der Waals surface area contributed by atoms with E-state index in [0.717, 1.165) is 5.56 Å². The molecule has 0 aromatic heterocycles. The number of nitriles is 1. The summed E-state index contributed by atoms with van der Waals surface area (Å²) < 4.78 is 10.3. The van der Waals surface area contributed by atoms with Crippen molar-refractivity contribution < 1.29 is 14.3 Å². The molecule has 0 fully saturated rings. The van der Waals surface area contributed by atoms with Crippen molar-refractivity contribution in [2.75, 3.05) is 12.4 Å². The maximum absolute atomic E-state index is 11.9. The lowest BCUT2D eigenvalue weighted by Crippen LogP contribution is -2.17. The van der Waals surface area contributed by atoms with Crippen LogP contribution in [-0.4, -0.2) is 13.2 Å². The molecule has 0 aliphatic heterocycles. The van der Waals surface area contributed by atoms with Crippen molar-refractivity contribution in [1.29, 1.82) is 5.26 Å². The van der Waals surface area contributed by atoms with Crippen molar-refractivity contribution in [3.63, 3.8) is 0 Å². The standard InChI is InChI=1S/C16H14N2O3/c1-11-3-8-15(20-2)14(9-11)18-16(19)21-13-6-4-12(10-17)5-7-13/h3-9H,1-2H3,(H,18,19). The van der Waals surface area contributed by atoms with Gasteiger partial charge in [-0.05, 0) is 48.9 Å². The number of ether oxygens (including phenoxy) is 2. The fraction of sp³-hybridized carbons (Fsp3) is 0.125. The van der Waals surface area contributed by atoms with Gasteiger partial charge in [-0.25, -0.2) is 4.79 Å². The minimum atomic E-state index is -0.622. The Morgan fingerprint density at radius 2 is 1.90 bits per heavy atom. The summed E-state index contributed by atoms with van der Waals surface area (Å²) in [6, 6.07) is 13.7. The number of nitrogens with zero attached hydrogens (tertiary/aromatic N) is 1. The molecule has 1 amide bonds. The van der Waals surface area contributed by atoms with E-state index in [0.29, 0.717) is 22.7 Å². The predicted molar refractivity (Wildman–Crippen MR) is 78.5 cm³/mol. The van der Waals surface area contributed by atoms with Crippen LogP contribution < -0.4 is 14.8 Å². The van der Waals surface area contributed by atoms with Gasteiger partial charge < -0.3 is 9.47 Å². The zero-order chi connectivity index (χ0) is 15.2. The average Bonchev–Trinajstić information content (AvgIpc) is 2.48. The number of aryl methyl sites for hydroxylation is 1. The van der Waals surface area contributed by atoms with Gasteiger partial charge in [0.05, 0.1) is 24.4 Å². The Kier molecular flexibility index (Phi) is 4.42. The zero-order valence-corrected chi connectivity index (χ0v) is 11.7. The number of hydrogen-bond donors (Lipinski definition) is 1. The SMILES string of the molecule is COc1ccc(C)cc1NC(=O)Oc1ccc(C#N)cc1. The number of carbonyl (C=O) groups excluding carboxylic acids is 1. The molecule has 5 heteroatoms. The lowest BCUT2D eigenvalue weighted by Gasteiger charge is -2.11. The number of amides is 1. The number of nitrogens with one attached hydrogen (secondary N) is 1. The molecule has 5 nitrogen and oxygen atoms in total. The molecule has 2 aromatic rings. The van der Waals surface area contributed by atoms with E-state index in [2.05, 4.69) is 5.32 Å². The van der Waals surface area contributed by atoms with Crippen molar-refractivity contribution in [2.45, 2.75) is 6.92 Å². The van der Waals surface area contributed by atoms with Gasteiger partial charge in [0.25, 0.3) is 0 Å². The molecule has 0 heterocycles. The molecule has 0 unspecified atom stereocenters. The minimum absolute atomic E-state index is 0.359. The van der Waals surface area contributed by atoms with E-state index in [1.165, 1.54) is 7.11 Å². The molecule has 106 valence electrons. The third kappa shape index (κ3) is 3.74. The minimum Gasteiger partial charge on any atom is -0.495 e. The van der Waals surface area contributed by atoms with Crippen LogP contribution in [0, 0.1) is 18.3 Å². The Morgan fingerprint density at radius 3 is 2.52 bits per heavy atom. The Hall–Kier alpha value is -3.00. The number of carbonyl (C=O) groups is 1. The summed E-state index contributed by atoms with van der Waals surface area (Å²) in [7, 11) is 1.53. The lowest BCUT2D eigenvalue weighted by atomic mass is 10.2. The third-order valence-electron chi connectivity index (χ3n) is 2.79. The molecule has 0 bridgehead atoms. The second kappa shape index (κ2) is 6.44. The van der Waals surface area contributed by atoms with Crippen LogP contribution in [-0.2, 0) is 0 Å². The first-order valence-corrected chi connectivity index (χ1v) is 6.26. The van der Waals surface area contributed by atoms with E-state index in [-0.39, 0.29) is 0 Å². The Morgan fingerprint density at radius 1 is 1.19 bits per heavy atom. The van der Waals surface area contributed by atoms with Crippen molar-refractivity contribution >= 4 is 11.8 Å². The quantitative estimate of drug-likeness (QED) is 0.935. The van der Waals surface area contributed by atoms with Gasteiger partial charge in [0, 0.05) is 0 Å². The number of anilines is 1. The van der Waals surface area contributed by atoms with Gasteiger partial charge >= 0.3 is 6.09 Å². The van der Waals surface area contributed by atoms with Crippen LogP contribution in [0.15, 0.2) is 42.5 Å². The van der Waals surface area contributed by atoms with Gasteiger partial charge in [0.1, 0.15) is 11.5 Å². The van der Waals surface area contributed by atoms with Crippen LogP contribution in [0.1, 0.15) is 11.1 Å². The number of rotatable bonds is 3. The summed E-state index contributed by atoms with van der Waals surface area (Å²) in [6.07, 6.45) is -0.622. The van der Waals surface area contributed by atoms with Crippen LogP contribution in [0.2, 0.25) is 0 Å². The van der Waals surface area contributed by atoms with Gasteiger partial charge in [0.15, 0.2) is 0 Å². The molecular weight excluding hydrogens is 268 g/mol. The summed E-state index contributed by atoms with van der Waals surface area (Å²) in [5.41, 5.74) is 2.03. The molecule has 2 rings (SSSR count). The normalized spacial score (nSPS) is 9.57. The summed E-state index contributed by atoms with van der Waals surface area (Å²) in [6.45, 7) is 1.91. The van der Waals surface area contributed by atoms with Crippen LogP contribution in [0.3, 0.4) is 0 Å². The van der Waals surface area contributed by atoms with Crippen molar-refractivity contribution in [2.24, 2.45) is 0 Å². The van der Waals surface area contributed by atoms with E-state index in [4.69, 9.17) is 14.7 Å². The molecule has 0 radical (unpaired) electrons. The molecule has 21 heavy (non-hydrogen) atoms. The predicted octanol–water partition coefficient (Wildman–Crippen LogP) is 3.49. The van der Waals surface area contributed by atoms with E-state index in [1.807, 2.05) is 19.1 Å². The van der Waals surface area contributed by atoms with Gasteiger partial charge in [-0.3, -0.25) is 5.32 Å². The highest BCUT2D eigenvalue weighted by atomic mass is 16.6. The summed E-state index contributed by atoms with van der Waals surface area (Å²) in [4.78, 5) is 11.9. The summed E-state index contributed by atoms with van der Waals surface area (Å²) >= 11 is 0. The highest BCUT2D eigenvalue weighted by Gasteiger charge is 2.09. The maximum Gasteiger partial charge on any atom is 0.417 e. The first kappa shape index (κ1) is 14.4. The van der Waals surface area contributed by atoms with E-state index in [1.54, 1.807) is 36.4 Å². The lowest BCUT2D eigenvalue weighted by molar-refractivity contribution is 0.215. The largest absolute Gasteiger partial charge is 0.495 e. The van der Waals surface area contributed by atoms with Crippen LogP contribution in [0.5, 0.6) is 11.5 Å². The second-order valence-electron chi connectivity index (χ2n) is 4.35. The molecule has 0 saturated heterocycles. The highest BCUT2D eigenvalue weighted by molar-refractivity contribution is 5.88. The Bertz CT molecular complexity index is 688. The molecule has 0 atom stereocenters. The number of benzene rings is 2. The van der Waals surface area contributed by atoms with Crippen LogP contribution in [0.25, 0.3) is 0 Å². The average molecular weight is 282 g/mol. The van der Waals surface area contributed by atoms with Gasteiger partial charge in [-0.2, -0.15) is 5.26 Å². The van der Waals surface area contributed by atoms with E-state index < -0.39 is 6.09 Å². The molecule has 0 saturated carbocycles. The van der Waals surface area contributed by atoms with Gasteiger partial charge in [-0.15, -0.1) is 0 Å². The number of hydrogen-bond acceptors (Lipinski definition) is 4. The summed E-state index contributed by atoms with van der Waals surface area (Å²) in [5.74, 6) is 0.912.